The molecule has 1 heterocycles. The van der Waals surface area contributed by atoms with Crippen molar-refractivity contribution in [1.82, 2.24) is 5.32 Å². The summed E-state index contributed by atoms with van der Waals surface area (Å²) in [6.45, 7) is 7.44. The summed E-state index contributed by atoms with van der Waals surface area (Å²) >= 11 is 0. The third-order valence-electron chi connectivity index (χ3n) is 7.44. The maximum atomic E-state index is 3.84. The largest absolute Gasteiger partial charge is 0.381 e. The van der Waals surface area contributed by atoms with E-state index < -0.39 is 0 Å². The molecule has 3 aliphatic carbocycles. The van der Waals surface area contributed by atoms with Crippen LogP contribution < -0.4 is 5.32 Å². The number of hydrogen-bond donors (Lipinski definition) is 1. The van der Waals surface area contributed by atoms with Crippen LogP contribution in [0.4, 0.5) is 0 Å². The summed E-state index contributed by atoms with van der Waals surface area (Å²) in [5.41, 5.74) is 6.92. The van der Waals surface area contributed by atoms with Crippen LogP contribution in [0.1, 0.15) is 50.7 Å². The molecular formula is C22H25N. The van der Waals surface area contributed by atoms with Crippen molar-refractivity contribution >= 4 is 0 Å². The maximum absolute atomic E-state index is 3.84. The van der Waals surface area contributed by atoms with Gasteiger partial charge in [-0.05, 0) is 46.3 Å². The van der Waals surface area contributed by atoms with Gasteiger partial charge in [-0.1, -0.05) is 69.3 Å². The van der Waals surface area contributed by atoms with Gasteiger partial charge >= 0.3 is 0 Å². The number of hydrogen-bond acceptors (Lipinski definition) is 1. The van der Waals surface area contributed by atoms with Crippen LogP contribution in [0.15, 0.2) is 59.8 Å². The van der Waals surface area contributed by atoms with Crippen molar-refractivity contribution in [2.45, 2.75) is 51.0 Å². The van der Waals surface area contributed by atoms with E-state index in [-0.39, 0.29) is 5.41 Å². The van der Waals surface area contributed by atoms with E-state index in [1.165, 1.54) is 18.5 Å². The predicted molar refractivity (Wildman–Crippen MR) is 95.3 cm³/mol. The number of benzene rings is 1. The van der Waals surface area contributed by atoms with Gasteiger partial charge in [0.2, 0.25) is 0 Å². The van der Waals surface area contributed by atoms with Crippen molar-refractivity contribution in [3.63, 3.8) is 0 Å². The summed E-state index contributed by atoms with van der Waals surface area (Å²) < 4.78 is 0. The fourth-order valence-electron chi connectivity index (χ4n) is 5.72. The molecule has 1 heteroatoms. The molecule has 1 aromatic rings. The maximum Gasteiger partial charge on any atom is 0.0545 e. The second-order valence-electron chi connectivity index (χ2n) is 8.53. The fourth-order valence-corrected chi connectivity index (χ4v) is 5.72. The molecule has 0 spiro atoms. The minimum absolute atomic E-state index is 0.230. The molecule has 3 unspecified atom stereocenters. The zero-order valence-electron chi connectivity index (χ0n) is 14.3. The van der Waals surface area contributed by atoms with Gasteiger partial charge in [0.15, 0.2) is 0 Å². The van der Waals surface area contributed by atoms with Crippen LogP contribution >= 0.6 is 0 Å². The van der Waals surface area contributed by atoms with Crippen LogP contribution in [0.5, 0.6) is 0 Å². The Labute approximate surface area is 139 Å². The van der Waals surface area contributed by atoms with Gasteiger partial charge in [-0.25, -0.2) is 0 Å². The Balaban J connectivity index is 1.64. The first-order chi connectivity index (χ1) is 11.0. The molecule has 0 saturated carbocycles. The Kier molecular flexibility index (Phi) is 2.49. The van der Waals surface area contributed by atoms with Crippen LogP contribution in [0, 0.1) is 11.3 Å². The van der Waals surface area contributed by atoms with Gasteiger partial charge in [0.25, 0.3) is 0 Å². The van der Waals surface area contributed by atoms with Gasteiger partial charge in [0, 0.05) is 11.6 Å². The highest BCUT2D eigenvalue weighted by Gasteiger charge is 2.58. The molecule has 1 nitrogen and oxygen atoms in total. The Hall–Kier alpha value is -1.76. The van der Waals surface area contributed by atoms with Crippen LogP contribution in [-0.2, 0) is 5.41 Å². The third-order valence-corrected chi connectivity index (χ3v) is 7.44. The summed E-state index contributed by atoms with van der Waals surface area (Å²) in [4.78, 5) is 0. The van der Waals surface area contributed by atoms with Gasteiger partial charge in [-0.3, -0.25) is 0 Å². The molecule has 4 atom stereocenters. The number of allylic oxidation sites excluding steroid dienone is 3. The van der Waals surface area contributed by atoms with E-state index in [9.17, 15) is 0 Å². The normalized spacial score (nSPS) is 38.7. The average Bonchev–Trinajstić information content (AvgIpc) is 2.98. The molecule has 1 aliphatic heterocycles. The van der Waals surface area contributed by atoms with Crippen LogP contribution in [0.2, 0.25) is 0 Å². The highest BCUT2D eigenvalue weighted by Crippen LogP contribution is 2.66. The van der Waals surface area contributed by atoms with Gasteiger partial charge in [0.1, 0.15) is 0 Å². The average molecular weight is 303 g/mol. The van der Waals surface area contributed by atoms with E-state index in [1.54, 1.807) is 16.7 Å². The van der Waals surface area contributed by atoms with E-state index in [2.05, 4.69) is 74.7 Å². The Morgan fingerprint density at radius 2 is 1.83 bits per heavy atom. The minimum atomic E-state index is 0.230. The summed E-state index contributed by atoms with van der Waals surface area (Å²) in [6, 6.07) is 9.68. The number of fused-ring (bicyclic) bond motifs is 5. The van der Waals surface area contributed by atoms with Gasteiger partial charge in [0.05, 0.1) is 6.04 Å². The lowest BCUT2D eigenvalue weighted by molar-refractivity contribution is 0.140. The number of nitrogens with one attached hydrogen (secondary N) is 1. The Morgan fingerprint density at radius 1 is 1.04 bits per heavy atom. The second kappa shape index (κ2) is 4.20. The van der Waals surface area contributed by atoms with Crippen molar-refractivity contribution in [3.8, 4) is 0 Å². The summed E-state index contributed by atoms with van der Waals surface area (Å²) in [5.74, 6) is 1.24. The fraction of sp³-hybridized carbons (Fsp3) is 0.455. The van der Waals surface area contributed by atoms with Crippen molar-refractivity contribution in [3.05, 3.63) is 71.0 Å². The van der Waals surface area contributed by atoms with E-state index in [1.807, 2.05) is 0 Å². The molecule has 0 bridgehead atoms. The molecule has 118 valence electrons. The van der Waals surface area contributed by atoms with Gasteiger partial charge < -0.3 is 5.32 Å². The second-order valence-corrected chi connectivity index (χ2v) is 8.53. The molecule has 0 fully saturated rings. The van der Waals surface area contributed by atoms with Crippen molar-refractivity contribution < 1.29 is 0 Å². The van der Waals surface area contributed by atoms with Crippen LogP contribution in [0.25, 0.3) is 0 Å². The van der Waals surface area contributed by atoms with Crippen molar-refractivity contribution in [1.29, 1.82) is 0 Å². The summed E-state index contributed by atoms with van der Waals surface area (Å²) in [6.07, 6.45) is 11.5. The van der Waals surface area contributed by atoms with Crippen molar-refractivity contribution in [2.24, 2.45) is 11.3 Å². The lowest BCUT2D eigenvalue weighted by Gasteiger charge is -2.46. The highest BCUT2D eigenvalue weighted by atomic mass is 15.0. The molecule has 0 saturated heterocycles. The zero-order chi connectivity index (χ0) is 15.8. The first-order valence-electron chi connectivity index (χ1n) is 8.95. The third kappa shape index (κ3) is 1.53. The summed E-state index contributed by atoms with van der Waals surface area (Å²) in [5, 5.41) is 3.84. The van der Waals surface area contributed by atoms with Gasteiger partial charge in [-0.15, -0.1) is 0 Å². The smallest absolute Gasteiger partial charge is 0.0545 e. The van der Waals surface area contributed by atoms with E-state index in [0.29, 0.717) is 23.3 Å². The molecule has 1 aromatic carbocycles. The van der Waals surface area contributed by atoms with E-state index >= 15 is 0 Å². The molecule has 5 rings (SSSR count). The molecule has 0 radical (unpaired) electrons. The first kappa shape index (κ1) is 13.7. The lowest BCUT2D eigenvalue weighted by atomic mass is 9.57. The SMILES string of the molecule is CC1(C)c2ccccc2C2CC3=C(C[C@@]21C)NC1C=CC=CC31. The van der Waals surface area contributed by atoms with Crippen LogP contribution in [0.3, 0.4) is 0 Å². The number of rotatable bonds is 0. The lowest BCUT2D eigenvalue weighted by Crippen LogP contribution is -2.41. The Bertz CT molecular complexity index is 779. The zero-order valence-corrected chi connectivity index (χ0v) is 14.3. The van der Waals surface area contributed by atoms with Crippen LogP contribution in [-0.4, -0.2) is 6.04 Å². The first-order valence-corrected chi connectivity index (χ1v) is 8.95. The molecule has 0 amide bonds. The van der Waals surface area contributed by atoms with Crippen molar-refractivity contribution in [2.75, 3.05) is 0 Å². The monoisotopic (exact) mass is 303 g/mol. The minimum Gasteiger partial charge on any atom is -0.381 e. The topological polar surface area (TPSA) is 12.0 Å². The van der Waals surface area contributed by atoms with Gasteiger partial charge in [-0.2, -0.15) is 0 Å². The van der Waals surface area contributed by atoms with E-state index in [0.717, 1.165) is 0 Å². The quantitative estimate of drug-likeness (QED) is 0.724. The molecule has 23 heavy (non-hydrogen) atoms. The standard InChI is InChI=1S/C22H25N/c1-21(2)17-10-6-4-9-15(17)18-12-16-14-8-5-7-11-19(14)23-20(16)13-22(18,21)3/h4-11,14,18-19,23H,12-13H2,1-3H3/t14?,18?,19?,22-/m0/s1. The molecule has 0 aromatic heterocycles. The molecular weight excluding hydrogens is 278 g/mol. The predicted octanol–water partition coefficient (Wildman–Crippen LogP) is 4.83. The molecule has 1 N–H and O–H groups in total. The highest BCUT2D eigenvalue weighted by molar-refractivity contribution is 5.51. The van der Waals surface area contributed by atoms with E-state index in [4.69, 9.17) is 0 Å². The summed E-state index contributed by atoms with van der Waals surface area (Å²) in [7, 11) is 0. The molecule has 4 aliphatic rings. The Morgan fingerprint density at radius 3 is 2.70 bits per heavy atom.